The smallest absolute Gasteiger partial charge is 0.243 e. The van der Waals surface area contributed by atoms with Crippen molar-refractivity contribution in [3.8, 4) is 5.75 Å². The summed E-state index contributed by atoms with van der Waals surface area (Å²) in [4.78, 5) is 11.6. The van der Waals surface area contributed by atoms with Gasteiger partial charge < -0.3 is 20.9 Å². The van der Waals surface area contributed by atoms with Crippen LogP contribution in [0.25, 0.3) is 0 Å². The average molecular weight is 238 g/mol. The fourth-order valence-electron chi connectivity index (χ4n) is 1.55. The van der Waals surface area contributed by atoms with E-state index in [0.717, 1.165) is 11.1 Å². The summed E-state index contributed by atoms with van der Waals surface area (Å²) in [6, 6.07) is 2.83. The molecule has 0 aromatic heterocycles. The van der Waals surface area contributed by atoms with Crippen LogP contribution in [0.5, 0.6) is 5.75 Å². The minimum atomic E-state index is -0.930. The van der Waals surface area contributed by atoms with Crippen molar-refractivity contribution in [1.82, 2.24) is 0 Å². The van der Waals surface area contributed by atoms with Gasteiger partial charge in [-0.2, -0.15) is 0 Å². The lowest BCUT2D eigenvalue weighted by molar-refractivity contribution is -0.118. The third kappa shape index (κ3) is 3.18. The van der Waals surface area contributed by atoms with Crippen molar-refractivity contribution < 1.29 is 14.6 Å². The molecule has 0 fully saturated rings. The Hall–Kier alpha value is -1.59. The highest BCUT2D eigenvalue weighted by atomic mass is 16.5. The van der Waals surface area contributed by atoms with Gasteiger partial charge in [-0.3, -0.25) is 4.79 Å². The van der Waals surface area contributed by atoms with E-state index < -0.39 is 11.9 Å². The molecule has 1 atom stereocenters. The summed E-state index contributed by atoms with van der Waals surface area (Å²) in [7, 11) is 1.54. The van der Waals surface area contributed by atoms with Crippen LogP contribution in [0.4, 0.5) is 5.69 Å². The van der Waals surface area contributed by atoms with Gasteiger partial charge in [0.1, 0.15) is 11.8 Å². The number of benzene rings is 1. The standard InChI is InChI=1S/C12H18N2O3/c1-7-4-8(2)11(10(5-7)17-3)14-12(16)9(13)6-15/h4-5,9,15H,6,13H2,1-3H3,(H,14,16). The Balaban J connectivity index is 3.01. The van der Waals surface area contributed by atoms with Crippen LogP contribution in [0.15, 0.2) is 12.1 Å². The van der Waals surface area contributed by atoms with Gasteiger partial charge in [0.25, 0.3) is 0 Å². The predicted molar refractivity (Wildman–Crippen MR) is 66.2 cm³/mol. The first-order chi connectivity index (χ1) is 7.99. The van der Waals surface area contributed by atoms with Gasteiger partial charge in [0.15, 0.2) is 0 Å². The zero-order chi connectivity index (χ0) is 13.0. The number of aryl methyl sites for hydroxylation is 2. The summed E-state index contributed by atoms with van der Waals surface area (Å²) < 4.78 is 5.20. The number of nitrogens with one attached hydrogen (secondary N) is 1. The number of hydrogen-bond donors (Lipinski definition) is 3. The molecule has 17 heavy (non-hydrogen) atoms. The van der Waals surface area contributed by atoms with Gasteiger partial charge in [0.05, 0.1) is 19.4 Å². The van der Waals surface area contributed by atoms with E-state index in [9.17, 15) is 4.79 Å². The van der Waals surface area contributed by atoms with Gasteiger partial charge in [-0.25, -0.2) is 0 Å². The monoisotopic (exact) mass is 238 g/mol. The first-order valence-corrected chi connectivity index (χ1v) is 5.32. The molecule has 0 spiro atoms. The number of nitrogens with two attached hydrogens (primary N) is 1. The number of carbonyl (C=O) groups excluding carboxylic acids is 1. The molecule has 0 radical (unpaired) electrons. The lowest BCUT2D eigenvalue weighted by atomic mass is 10.1. The molecule has 0 bridgehead atoms. The van der Waals surface area contributed by atoms with Crippen LogP contribution >= 0.6 is 0 Å². The molecule has 0 saturated heterocycles. The van der Waals surface area contributed by atoms with E-state index in [1.165, 1.54) is 7.11 Å². The normalized spacial score (nSPS) is 12.1. The second-order valence-electron chi connectivity index (χ2n) is 3.94. The number of methoxy groups -OCH3 is 1. The first kappa shape index (κ1) is 13.5. The van der Waals surface area contributed by atoms with Crippen molar-refractivity contribution in [2.75, 3.05) is 19.0 Å². The number of hydrogen-bond acceptors (Lipinski definition) is 4. The van der Waals surface area contributed by atoms with E-state index in [1.54, 1.807) is 0 Å². The van der Waals surface area contributed by atoms with E-state index in [2.05, 4.69) is 5.32 Å². The topological polar surface area (TPSA) is 84.6 Å². The molecule has 1 aromatic rings. The molecule has 0 aliphatic rings. The molecular weight excluding hydrogens is 220 g/mol. The highest BCUT2D eigenvalue weighted by Gasteiger charge is 2.16. The van der Waals surface area contributed by atoms with Gasteiger partial charge in [0.2, 0.25) is 5.91 Å². The molecule has 1 amide bonds. The number of carbonyl (C=O) groups is 1. The summed E-state index contributed by atoms with van der Waals surface area (Å²) in [6.45, 7) is 3.43. The maximum atomic E-state index is 11.6. The van der Waals surface area contributed by atoms with Crippen LogP contribution in [0.3, 0.4) is 0 Å². The molecular formula is C12H18N2O3. The van der Waals surface area contributed by atoms with E-state index in [-0.39, 0.29) is 6.61 Å². The van der Waals surface area contributed by atoms with Crippen molar-refractivity contribution in [1.29, 1.82) is 0 Å². The van der Waals surface area contributed by atoms with Crippen LogP contribution in [0.2, 0.25) is 0 Å². The number of ether oxygens (including phenoxy) is 1. The summed E-state index contributed by atoms with van der Waals surface area (Å²) >= 11 is 0. The Kier molecular flexibility index (Phi) is 4.48. The Bertz CT molecular complexity index is 418. The maximum Gasteiger partial charge on any atom is 0.243 e. The summed E-state index contributed by atoms with van der Waals surface area (Å²) in [5, 5.41) is 11.5. The Morgan fingerprint density at radius 1 is 1.53 bits per heavy atom. The predicted octanol–water partition coefficient (Wildman–Crippen LogP) is 0.570. The van der Waals surface area contributed by atoms with E-state index in [0.29, 0.717) is 11.4 Å². The zero-order valence-corrected chi connectivity index (χ0v) is 10.3. The number of anilines is 1. The van der Waals surface area contributed by atoms with Crippen molar-refractivity contribution in [3.63, 3.8) is 0 Å². The van der Waals surface area contributed by atoms with Gasteiger partial charge >= 0.3 is 0 Å². The summed E-state index contributed by atoms with van der Waals surface area (Å²) in [5.41, 5.74) is 7.96. The van der Waals surface area contributed by atoms with Crippen LogP contribution in [-0.4, -0.2) is 30.8 Å². The molecule has 1 aromatic carbocycles. The number of aliphatic hydroxyl groups is 1. The van der Waals surface area contributed by atoms with Crippen LogP contribution < -0.4 is 15.8 Å². The lowest BCUT2D eigenvalue weighted by Crippen LogP contribution is -2.38. The molecule has 1 rings (SSSR count). The second-order valence-corrected chi connectivity index (χ2v) is 3.94. The second kappa shape index (κ2) is 5.65. The molecule has 0 aliphatic carbocycles. The quantitative estimate of drug-likeness (QED) is 0.716. The van der Waals surface area contributed by atoms with E-state index in [4.69, 9.17) is 15.6 Å². The molecule has 0 heterocycles. The summed E-state index contributed by atoms with van der Waals surface area (Å²) in [5.74, 6) is 0.152. The van der Waals surface area contributed by atoms with Crippen molar-refractivity contribution in [2.45, 2.75) is 19.9 Å². The first-order valence-electron chi connectivity index (χ1n) is 5.32. The number of aliphatic hydroxyl groups excluding tert-OH is 1. The SMILES string of the molecule is COc1cc(C)cc(C)c1NC(=O)C(N)CO. The highest BCUT2D eigenvalue weighted by molar-refractivity contribution is 5.96. The Morgan fingerprint density at radius 3 is 2.71 bits per heavy atom. The fourth-order valence-corrected chi connectivity index (χ4v) is 1.55. The van der Waals surface area contributed by atoms with Crippen LogP contribution in [0.1, 0.15) is 11.1 Å². The largest absolute Gasteiger partial charge is 0.495 e. The molecule has 4 N–H and O–H groups in total. The van der Waals surface area contributed by atoms with Crippen LogP contribution in [-0.2, 0) is 4.79 Å². The zero-order valence-electron chi connectivity index (χ0n) is 10.3. The third-order valence-electron chi connectivity index (χ3n) is 2.45. The molecule has 0 aliphatic heterocycles. The Labute approximate surface area is 101 Å². The maximum absolute atomic E-state index is 11.6. The summed E-state index contributed by atoms with van der Waals surface area (Å²) in [6.07, 6.45) is 0. The highest BCUT2D eigenvalue weighted by Crippen LogP contribution is 2.29. The molecule has 94 valence electrons. The molecule has 5 nitrogen and oxygen atoms in total. The molecule has 5 heteroatoms. The number of rotatable bonds is 4. The molecule has 1 unspecified atom stereocenters. The van der Waals surface area contributed by atoms with Crippen molar-refractivity contribution >= 4 is 11.6 Å². The molecule has 0 saturated carbocycles. The van der Waals surface area contributed by atoms with Crippen molar-refractivity contribution in [2.24, 2.45) is 5.73 Å². The van der Waals surface area contributed by atoms with Gasteiger partial charge in [-0.05, 0) is 31.0 Å². The van der Waals surface area contributed by atoms with E-state index in [1.807, 2.05) is 26.0 Å². The lowest BCUT2D eigenvalue weighted by Gasteiger charge is -2.15. The fraction of sp³-hybridized carbons (Fsp3) is 0.417. The minimum Gasteiger partial charge on any atom is -0.495 e. The average Bonchev–Trinajstić information content (AvgIpc) is 2.30. The van der Waals surface area contributed by atoms with Crippen LogP contribution in [0, 0.1) is 13.8 Å². The minimum absolute atomic E-state index is 0.390. The van der Waals surface area contributed by atoms with Crippen molar-refractivity contribution in [3.05, 3.63) is 23.3 Å². The van der Waals surface area contributed by atoms with Gasteiger partial charge in [-0.1, -0.05) is 6.07 Å². The third-order valence-corrected chi connectivity index (χ3v) is 2.45. The number of amides is 1. The van der Waals surface area contributed by atoms with Gasteiger partial charge in [0, 0.05) is 0 Å². The van der Waals surface area contributed by atoms with E-state index >= 15 is 0 Å². The Morgan fingerprint density at radius 2 is 2.18 bits per heavy atom. The van der Waals surface area contributed by atoms with Gasteiger partial charge in [-0.15, -0.1) is 0 Å².